The molecule has 0 saturated carbocycles. The average molecular weight is 174 g/mol. The molecule has 11 heavy (non-hydrogen) atoms. The first-order chi connectivity index (χ1) is 5.33. The summed E-state index contributed by atoms with van der Waals surface area (Å²) >= 11 is 5.53. The van der Waals surface area contributed by atoms with Crippen LogP contribution in [0.2, 0.25) is 5.28 Å². The smallest absolute Gasteiger partial charge is 0.222 e. The first-order valence-corrected chi connectivity index (χ1v) is 3.46. The Morgan fingerprint density at radius 3 is 3.18 bits per heavy atom. The normalized spacial score (nSPS) is 10.0. The van der Waals surface area contributed by atoms with E-state index in [1.165, 1.54) is 0 Å². The van der Waals surface area contributed by atoms with Crippen molar-refractivity contribution in [1.82, 2.24) is 15.4 Å². The molecular weight excluding hydrogens is 166 g/mol. The molecule has 0 atom stereocenters. The summed E-state index contributed by atoms with van der Waals surface area (Å²) in [5, 5.41) is 0.238. The molecule has 0 saturated heterocycles. The molecule has 0 aliphatic heterocycles. The van der Waals surface area contributed by atoms with E-state index in [-0.39, 0.29) is 5.28 Å². The van der Waals surface area contributed by atoms with Crippen molar-refractivity contribution in [2.24, 2.45) is 0 Å². The Morgan fingerprint density at radius 1 is 1.73 bits per heavy atom. The van der Waals surface area contributed by atoms with Crippen molar-refractivity contribution in [1.29, 1.82) is 0 Å². The lowest BCUT2D eigenvalue weighted by Gasteiger charge is -1.99. The van der Waals surface area contributed by atoms with Crippen molar-refractivity contribution in [2.45, 2.75) is 6.61 Å². The molecule has 1 heterocycles. The second-order valence-corrected chi connectivity index (χ2v) is 2.15. The van der Waals surface area contributed by atoms with Crippen LogP contribution in [0.4, 0.5) is 0 Å². The number of aromatic nitrogens is 2. The molecule has 0 fully saturated rings. The number of hydrogen-bond acceptors (Lipinski definition) is 4. The maximum atomic E-state index is 5.53. The van der Waals surface area contributed by atoms with E-state index >= 15 is 0 Å². The summed E-state index contributed by atoms with van der Waals surface area (Å²) in [5.41, 5.74) is 3.28. The minimum absolute atomic E-state index is 0.238. The van der Waals surface area contributed by atoms with Crippen LogP contribution in [0.3, 0.4) is 0 Å². The van der Waals surface area contributed by atoms with Crippen molar-refractivity contribution in [2.75, 3.05) is 7.05 Å². The minimum atomic E-state index is 0.238. The van der Waals surface area contributed by atoms with Gasteiger partial charge in [-0.1, -0.05) is 0 Å². The molecule has 0 spiro atoms. The Kier molecular flexibility index (Phi) is 3.22. The Balaban J connectivity index is 2.56. The maximum Gasteiger partial charge on any atom is 0.222 e. The van der Waals surface area contributed by atoms with Crippen LogP contribution in [-0.4, -0.2) is 17.0 Å². The molecule has 0 unspecified atom stereocenters. The molecule has 4 nitrogen and oxygen atoms in total. The predicted molar refractivity (Wildman–Crippen MR) is 40.9 cm³/mol. The van der Waals surface area contributed by atoms with E-state index in [9.17, 15) is 0 Å². The van der Waals surface area contributed by atoms with Crippen molar-refractivity contribution in [3.63, 3.8) is 0 Å². The summed E-state index contributed by atoms with van der Waals surface area (Å²) in [7, 11) is 1.68. The van der Waals surface area contributed by atoms with Gasteiger partial charge in [0.2, 0.25) is 5.28 Å². The molecule has 0 aromatic carbocycles. The molecule has 1 N–H and O–H groups in total. The monoisotopic (exact) mass is 173 g/mol. The second kappa shape index (κ2) is 4.23. The minimum Gasteiger partial charge on any atom is -0.296 e. The Labute approximate surface area is 69.5 Å². The van der Waals surface area contributed by atoms with Gasteiger partial charge >= 0.3 is 0 Å². The number of nitrogens with zero attached hydrogens (tertiary/aromatic N) is 2. The highest BCUT2D eigenvalue weighted by molar-refractivity contribution is 6.28. The van der Waals surface area contributed by atoms with E-state index in [0.717, 1.165) is 5.69 Å². The highest BCUT2D eigenvalue weighted by Crippen LogP contribution is 2.00. The first-order valence-electron chi connectivity index (χ1n) is 3.09. The predicted octanol–water partition coefficient (Wildman–Crippen LogP) is 0.781. The summed E-state index contributed by atoms with van der Waals surface area (Å²) < 4.78 is 0. The number of nitrogens with one attached hydrogen (secondary N) is 1. The number of halogens is 1. The van der Waals surface area contributed by atoms with Gasteiger partial charge in [-0.3, -0.25) is 4.84 Å². The molecule has 0 aliphatic rings. The van der Waals surface area contributed by atoms with Crippen LogP contribution >= 0.6 is 11.6 Å². The first kappa shape index (κ1) is 8.39. The molecule has 0 radical (unpaired) electrons. The highest BCUT2D eigenvalue weighted by Gasteiger charge is 1.94. The number of hydrogen-bond donors (Lipinski definition) is 1. The van der Waals surface area contributed by atoms with E-state index in [0.29, 0.717) is 6.61 Å². The van der Waals surface area contributed by atoms with Gasteiger partial charge in [-0.2, -0.15) is 0 Å². The lowest BCUT2D eigenvalue weighted by molar-refractivity contribution is 0.0424. The lowest BCUT2D eigenvalue weighted by atomic mass is 10.4. The average Bonchev–Trinajstić information content (AvgIpc) is 2.01. The molecule has 0 aliphatic carbocycles. The summed E-state index contributed by atoms with van der Waals surface area (Å²) in [6.07, 6.45) is 1.59. The van der Waals surface area contributed by atoms with Crippen LogP contribution in [0.1, 0.15) is 5.69 Å². The van der Waals surface area contributed by atoms with E-state index in [4.69, 9.17) is 16.4 Å². The maximum absolute atomic E-state index is 5.53. The van der Waals surface area contributed by atoms with Crippen molar-refractivity contribution >= 4 is 11.6 Å². The summed E-state index contributed by atoms with van der Waals surface area (Å²) in [6.45, 7) is 0.388. The van der Waals surface area contributed by atoms with Gasteiger partial charge in [-0.15, -0.1) is 0 Å². The second-order valence-electron chi connectivity index (χ2n) is 1.81. The van der Waals surface area contributed by atoms with Gasteiger partial charge in [0.05, 0.1) is 5.69 Å². The Bertz CT molecular complexity index is 231. The van der Waals surface area contributed by atoms with Crippen LogP contribution < -0.4 is 5.48 Å². The lowest BCUT2D eigenvalue weighted by Crippen LogP contribution is -2.07. The zero-order chi connectivity index (χ0) is 8.10. The molecular formula is C6H8ClN3O. The Morgan fingerprint density at radius 2 is 2.55 bits per heavy atom. The summed E-state index contributed by atoms with van der Waals surface area (Å²) in [4.78, 5) is 12.5. The fourth-order valence-corrected chi connectivity index (χ4v) is 0.761. The van der Waals surface area contributed by atoms with Gasteiger partial charge in [-0.05, 0) is 17.7 Å². The molecule has 0 bridgehead atoms. The largest absolute Gasteiger partial charge is 0.296 e. The van der Waals surface area contributed by atoms with Gasteiger partial charge in [0, 0.05) is 13.2 Å². The molecule has 60 valence electrons. The molecule has 1 rings (SSSR count). The zero-order valence-corrected chi connectivity index (χ0v) is 6.80. The van der Waals surface area contributed by atoms with Gasteiger partial charge in [-0.25, -0.2) is 15.4 Å². The van der Waals surface area contributed by atoms with E-state index in [1.807, 2.05) is 0 Å². The van der Waals surface area contributed by atoms with Crippen LogP contribution in [0.25, 0.3) is 0 Å². The summed E-state index contributed by atoms with van der Waals surface area (Å²) in [6, 6.07) is 1.74. The van der Waals surface area contributed by atoms with E-state index in [1.54, 1.807) is 19.3 Å². The van der Waals surface area contributed by atoms with Gasteiger partial charge in [0.1, 0.15) is 6.61 Å². The van der Waals surface area contributed by atoms with Crippen LogP contribution in [-0.2, 0) is 11.4 Å². The van der Waals surface area contributed by atoms with Crippen molar-refractivity contribution in [3.8, 4) is 0 Å². The van der Waals surface area contributed by atoms with Crippen LogP contribution in [0.5, 0.6) is 0 Å². The van der Waals surface area contributed by atoms with E-state index in [2.05, 4.69) is 15.4 Å². The fourth-order valence-electron chi connectivity index (χ4n) is 0.596. The number of rotatable bonds is 3. The quantitative estimate of drug-likeness (QED) is 0.542. The number of hydroxylamine groups is 1. The van der Waals surface area contributed by atoms with Crippen molar-refractivity contribution in [3.05, 3.63) is 23.2 Å². The SMILES string of the molecule is CNOCc1ccnc(Cl)n1. The highest BCUT2D eigenvalue weighted by atomic mass is 35.5. The van der Waals surface area contributed by atoms with Gasteiger partial charge in [0.25, 0.3) is 0 Å². The topological polar surface area (TPSA) is 47.0 Å². The van der Waals surface area contributed by atoms with E-state index < -0.39 is 0 Å². The standard InChI is InChI=1S/C6H8ClN3O/c1-8-11-4-5-2-3-9-6(7)10-5/h2-3,8H,4H2,1H3. The molecule has 1 aromatic heterocycles. The molecule has 1 aromatic rings. The van der Waals surface area contributed by atoms with Gasteiger partial charge < -0.3 is 0 Å². The fraction of sp³-hybridized carbons (Fsp3) is 0.333. The molecule has 5 heteroatoms. The molecule has 0 amide bonds. The van der Waals surface area contributed by atoms with Crippen LogP contribution in [0.15, 0.2) is 12.3 Å². The van der Waals surface area contributed by atoms with Crippen molar-refractivity contribution < 1.29 is 4.84 Å². The summed E-state index contributed by atoms with van der Waals surface area (Å²) in [5.74, 6) is 0. The zero-order valence-electron chi connectivity index (χ0n) is 6.04. The third kappa shape index (κ3) is 2.80. The van der Waals surface area contributed by atoms with Crippen LogP contribution in [0, 0.1) is 0 Å². The third-order valence-electron chi connectivity index (χ3n) is 1.05. The Hall–Kier alpha value is -0.710. The van der Waals surface area contributed by atoms with Gasteiger partial charge in [0.15, 0.2) is 0 Å². The third-order valence-corrected chi connectivity index (χ3v) is 1.23.